The second-order valence-electron chi connectivity index (χ2n) is 2.55. The third kappa shape index (κ3) is 8.05. The molecular weight excluding hydrogens is 215 g/mol. The van der Waals surface area contributed by atoms with Crippen LogP contribution in [-0.2, 0) is 8.85 Å². The number of hydrogen-bond donors (Lipinski definition) is 0. The third-order valence-corrected chi connectivity index (χ3v) is 4.53. The van der Waals surface area contributed by atoms with Gasteiger partial charge in [-0.25, -0.2) is 0 Å². The zero-order valence-corrected chi connectivity index (χ0v) is 12.6. The minimum absolute atomic E-state index is 0. The molecule has 6 heteroatoms. The van der Waals surface area contributed by atoms with E-state index in [9.17, 15) is 5.11 Å². The van der Waals surface area contributed by atoms with Crippen molar-refractivity contribution in [3.05, 3.63) is 0 Å². The summed E-state index contributed by atoms with van der Waals surface area (Å²) in [7, 11) is -2.27. The predicted molar refractivity (Wildman–Crippen MR) is 52.3 cm³/mol. The first kappa shape index (κ1) is 16.5. The van der Waals surface area contributed by atoms with E-state index >= 15 is 0 Å². The summed E-state index contributed by atoms with van der Waals surface area (Å²) < 4.78 is 10.8. The average Bonchev–Trinajstić information content (AvgIpc) is 1.85. The van der Waals surface area contributed by atoms with Crippen LogP contribution in [0.2, 0.25) is 12.6 Å². The van der Waals surface area contributed by atoms with E-state index < -0.39 is 8.56 Å². The maximum absolute atomic E-state index is 10.7. The Labute approximate surface area is 108 Å². The Hall–Kier alpha value is 1.03. The van der Waals surface area contributed by atoms with Gasteiger partial charge < -0.3 is 14.0 Å². The van der Waals surface area contributed by atoms with E-state index in [1.54, 1.807) is 0 Å². The zero-order chi connectivity index (χ0) is 9.61. The Morgan fingerprint density at radius 1 is 1.31 bits per heavy atom. The number of hydrogen-bond acceptors (Lipinski definition) is 4. The van der Waals surface area contributed by atoms with E-state index in [-0.39, 0.29) is 40.7 Å². The summed E-state index contributed by atoms with van der Waals surface area (Å²) in [6.45, 7) is 6.79. The molecule has 0 spiro atoms. The standard InChI is InChI=1S/C7H16O3SSi.Na/c1-4-9-12(3,10-5-2)6-7(8)11;/h4-6H2,1-3H3,(H,8,11);/q;+1/p-1. The molecule has 0 unspecified atom stereocenters. The summed E-state index contributed by atoms with van der Waals surface area (Å²) in [5.41, 5.74) is 0. The van der Waals surface area contributed by atoms with Crippen molar-refractivity contribution in [2.45, 2.75) is 26.4 Å². The van der Waals surface area contributed by atoms with Gasteiger partial charge in [-0.2, -0.15) is 0 Å². The topological polar surface area (TPSA) is 41.5 Å². The van der Waals surface area contributed by atoms with Gasteiger partial charge in [-0.3, -0.25) is 0 Å². The molecular formula is C7H15NaO3SSi. The van der Waals surface area contributed by atoms with Crippen molar-refractivity contribution in [1.82, 2.24) is 0 Å². The quantitative estimate of drug-likeness (QED) is 0.384. The first-order valence-electron chi connectivity index (χ1n) is 4.02. The molecule has 0 aliphatic rings. The molecule has 0 bridgehead atoms. The van der Waals surface area contributed by atoms with Crippen molar-refractivity contribution in [2.24, 2.45) is 0 Å². The van der Waals surface area contributed by atoms with Crippen LogP contribution in [0.1, 0.15) is 13.8 Å². The minimum Gasteiger partial charge on any atom is -0.868 e. The van der Waals surface area contributed by atoms with Crippen LogP contribution < -0.4 is 34.7 Å². The molecule has 0 saturated heterocycles. The van der Waals surface area contributed by atoms with E-state index in [1.165, 1.54) is 0 Å². The van der Waals surface area contributed by atoms with Crippen LogP contribution in [0.5, 0.6) is 0 Å². The van der Waals surface area contributed by atoms with E-state index in [1.807, 2.05) is 20.4 Å². The molecule has 0 aliphatic heterocycles. The molecule has 0 radical (unpaired) electrons. The second kappa shape index (κ2) is 8.34. The van der Waals surface area contributed by atoms with Crippen molar-refractivity contribution in [3.8, 4) is 0 Å². The van der Waals surface area contributed by atoms with Crippen molar-refractivity contribution in [1.29, 1.82) is 0 Å². The van der Waals surface area contributed by atoms with E-state index in [0.29, 0.717) is 13.2 Å². The zero-order valence-electron chi connectivity index (χ0n) is 8.75. The summed E-state index contributed by atoms with van der Waals surface area (Å²) in [5.74, 6) is 0. The first-order valence-corrected chi connectivity index (χ1v) is 6.95. The molecule has 3 nitrogen and oxygen atoms in total. The molecule has 0 heterocycles. The summed E-state index contributed by atoms with van der Waals surface area (Å²) in [6, 6.07) is 0.268. The molecule has 0 aromatic rings. The third-order valence-electron chi connectivity index (χ3n) is 1.36. The first-order chi connectivity index (χ1) is 5.54. The van der Waals surface area contributed by atoms with Crippen LogP contribution in [0.15, 0.2) is 0 Å². The fourth-order valence-electron chi connectivity index (χ4n) is 1.02. The second-order valence-corrected chi connectivity index (χ2v) is 6.20. The van der Waals surface area contributed by atoms with Crippen LogP contribution in [0.3, 0.4) is 0 Å². The number of thiocarbonyl (C=S) groups is 1. The molecule has 0 atom stereocenters. The van der Waals surface area contributed by atoms with E-state index in [4.69, 9.17) is 8.85 Å². The molecule has 13 heavy (non-hydrogen) atoms. The molecule has 0 N–H and O–H groups in total. The SMILES string of the molecule is CCO[Si](C)(CC([O-])=S)OCC.[Na+]. The smallest absolute Gasteiger partial charge is 0.868 e. The molecule has 0 aliphatic carbocycles. The molecule has 0 rings (SSSR count). The average molecular weight is 230 g/mol. The Bertz CT molecular complexity index is 151. The Kier molecular flexibility index (Phi) is 10.6. The number of rotatable bonds is 6. The molecule has 0 aromatic heterocycles. The fourth-order valence-corrected chi connectivity index (χ4v) is 3.84. The van der Waals surface area contributed by atoms with Crippen LogP contribution in [0.4, 0.5) is 0 Å². The summed E-state index contributed by atoms with van der Waals surface area (Å²) in [6.07, 6.45) is 0. The minimum atomic E-state index is -2.27. The van der Waals surface area contributed by atoms with Crippen LogP contribution >= 0.6 is 12.2 Å². The maximum atomic E-state index is 10.7. The van der Waals surface area contributed by atoms with Gasteiger partial charge in [-0.15, -0.1) is 12.2 Å². The van der Waals surface area contributed by atoms with Gasteiger partial charge in [0, 0.05) is 19.3 Å². The van der Waals surface area contributed by atoms with Crippen molar-refractivity contribution in [2.75, 3.05) is 13.2 Å². The van der Waals surface area contributed by atoms with Crippen LogP contribution in [0.25, 0.3) is 0 Å². The van der Waals surface area contributed by atoms with E-state index in [2.05, 4.69) is 12.2 Å². The van der Waals surface area contributed by atoms with Gasteiger partial charge in [0.15, 0.2) is 0 Å². The van der Waals surface area contributed by atoms with Crippen molar-refractivity contribution >= 4 is 25.8 Å². The molecule has 72 valence electrons. The van der Waals surface area contributed by atoms with Gasteiger partial charge in [-0.1, -0.05) is 5.05 Å². The fraction of sp³-hybridized carbons (Fsp3) is 0.857. The van der Waals surface area contributed by atoms with Gasteiger partial charge in [0.1, 0.15) is 0 Å². The summed E-state index contributed by atoms with van der Waals surface area (Å²) in [4.78, 5) is 0. The van der Waals surface area contributed by atoms with Gasteiger partial charge in [-0.05, 0) is 20.4 Å². The maximum Gasteiger partial charge on any atom is 1.00 e. The van der Waals surface area contributed by atoms with Crippen molar-refractivity contribution < 1.29 is 43.5 Å². The summed E-state index contributed by atoms with van der Waals surface area (Å²) >= 11 is 4.49. The van der Waals surface area contributed by atoms with Crippen molar-refractivity contribution in [3.63, 3.8) is 0 Å². The largest absolute Gasteiger partial charge is 1.00 e. The van der Waals surface area contributed by atoms with Gasteiger partial charge >= 0.3 is 38.1 Å². The normalized spacial score (nSPS) is 10.7. The molecule has 0 saturated carbocycles. The van der Waals surface area contributed by atoms with Crippen LogP contribution in [-0.4, -0.2) is 26.8 Å². The molecule has 0 aromatic carbocycles. The predicted octanol–water partition coefficient (Wildman–Crippen LogP) is -2.18. The summed E-state index contributed by atoms with van der Waals surface area (Å²) in [5, 5.41) is 10.4. The molecule has 0 amide bonds. The Morgan fingerprint density at radius 3 is 1.92 bits per heavy atom. The Balaban J connectivity index is 0. The molecule has 0 fully saturated rings. The van der Waals surface area contributed by atoms with Gasteiger partial charge in [0.25, 0.3) is 0 Å². The van der Waals surface area contributed by atoms with Crippen LogP contribution in [0, 0.1) is 0 Å². The monoisotopic (exact) mass is 230 g/mol. The van der Waals surface area contributed by atoms with Gasteiger partial charge in [0.05, 0.1) is 0 Å². The van der Waals surface area contributed by atoms with E-state index in [0.717, 1.165) is 0 Å². The Morgan fingerprint density at radius 2 is 1.69 bits per heavy atom. The van der Waals surface area contributed by atoms with Gasteiger partial charge in [0.2, 0.25) is 0 Å².